The maximum absolute atomic E-state index is 9.18. The molecular weight excluding hydrogens is 258 g/mol. The van der Waals surface area contributed by atoms with Gasteiger partial charge < -0.3 is 4.98 Å². The Labute approximate surface area is 114 Å². The normalized spacial score (nSPS) is 10.8. The first-order valence-electron chi connectivity index (χ1n) is 5.75. The first kappa shape index (κ1) is 11.8. The zero-order chi connectivity index (χ0) is 13.4. The van der Waals surface area contributed by atoms with Gasteiger partial charge >= 0.3 is 0 Å². The lowest BCUT2D eigenvalue weighted by Crippen LogP contribution is -1.93. The number of rotatable bonds is 2. The summed E-state index contributed by atoms with van der Waals surface area (Å²) in [7, 11) is 1.83. The summed E-state index contributed by atoms with van der Waals surface area (Å²) in [4.78, 5) is 7.72. The van der Waals surface area contributed by atoms with Crippen LogP contribution in [0.3, 0.4) is 0 Å². The molecule has 0 unspecified atom stereocenters. The van der Waals surface area contributed by atoms with Gasteiger partial charge in [0.1, 0.15) is 16.7 Å². The van der Waals surface area contributed by atoms with E-state index in [2.05, 4.69) is 21.1 Å². The van der Waals surface area contributed by atoms with Crippen LogP contribution in [-0.2, 0) is 7.05 Å². The zero-order valence-corrected chi connectivity index (χ0v) is 11.3. The highest BCUT2D eigenvalue weighted by atomic mass is 32.2. The molecule has 0 aliphatic heterocycles. The Morgan fingerprint density at radius 3 is 2.89 bits per heavy atom. The third-order valence-corrected chi connectivity index (χ3v) is 3.89. The third kappa shape index (κ3) is 1.98. The molecule has 0 radical (unpaired) electrons. The van der Waals surface area contributed by atoms with E-state index in [9.17, 15) is 5.26 Å². The van der Waals surface area contributed by atoms with Gasteiger partial charge in [-0.25, -0.2) is 4.98 Å². The number of aryl methyl sites for hydroxylation is 2. The van der Waals surface area contributed by atoms with Crippen LogP contribution in [0.25, 0.3) is 11.0 Å². The van der Waals surface area contributed by atoms with Crippen molar-refractivity contribution in [3.05, 3.63) is 35.5 Å². The van der Waals surface area contributed by atoms with Gasteiger partial charge in [0.2, 0.25) is 0 Å². The summed E-state index contributed by atoms with van der Waals surface area (Å²) in [6.45, 7) is 1.83. The molecule has 0 spiro atoms. The largest absolute Gasteiger partial charge is 0.333 e. The van der Waals surface area contributed by atoms with Crippen molar-refractivity contribution in [3.63, 3.8) is 0 Å². The molecule has 0 bridgehead atoms. The van der Waals surface area contributed by atoms with Gasteiger partial charge in [0, 0.05) is 7.05 Å². The van der Waals surface area contributed by atoms with Gasteiger partial charge in [-0.2, -0.15) is 10.4 Å². The van der Waals surface area contributed by atoms with Crippen molar-refractivity contribution in [2.24, 2.45) is 7.05 Å². The Hall–Kier alpha value is -2.26. The van der Waals surface area contributed by atoms with Crippen LogP contribution in [0, 0.1) is 18.3 Å². The van der Waals surface area contributed by atoms with Crippen molar-refractivity contribution >= 4 is 22.8 Å². The molecule has 6 heteroatoms. The Morgan fingerprint density at radius 1 is 1.37 bits per heavy atom. The highest BCUT2D eigenvalue weighted by Crippen LogP contribution is 2.30. The van der Waals surface area contributed by atoms with E-state index in [-0.39, 0.29) is 0 Å². The Bertz CT molecular complexity index is 760. The number of aromatic nitrogens is 4. The van der Waals surface area contributed by atoms with Crippen molar-refractivity contribution < 1.29 is 0 Å². The van der Waals surface area contributed by atoms with Crippen molar-refractivity contribution in [2.75, 3.05) is 0 Å². The van der Waals surface area contributed by atoms with Crippen molar-refractivity contribution in [3.8, 4) is 6.07 Å². The molecular formula is C13H11N5S. The van der Waals surface area contributed by atoms with Gasteiger partial charge in [-0.1, -0.05) is 12.1 Å². The molecule has 3 aromatic rings. The fourth-order valence-electron chi connectivity index (χ4n) is 1.95. The lowest BCUT2D eigenvalue weighted by atomic mass is 10.3. The average molecular weight is 269 g/mol. The highest BCUT2D eigenvalue weighted by molar-refractivity contribution is 7.99. The third-order valence-electron chi connectivity index (χ3n) is 2.84. The molecule has 5 nitrogen and oxygen atoms in total. The molecule has 19 heavy (non-hydrogen) atoms. The van der Waals surface area contributed by atoms with Crippen molar-refractivity contribution in [1.82, 2.24) is 19.7 Å². The summed E-state index contributed by atoms with van der Waals surface area (Å²) in [6.07, 6.45) is 0. The monoisotopic (exact) mass is 269 g/mol. The number of nitrogens with zero attached hydrogens (tertiary/aromatic N) is 4. The average Bonchev–Trinajstić information content (AvgIpc) is 2.91. The Kier molecular flexibility index (Phi) is 2.76. The van der Waals surface area contributed by atoms with Crippen LogP contribution in [0.4, 0.5) is 0 Å². The molecule has 0 saturated carbocycles. The molecule has 0 aliphatic carbocycles. The molecule has 0 saturated heterocycles. The molecule has 94 valence electrons. The minimum atomic E-state index is 0.605. The summed E-state index contributed by atoms with van der Waals surface area (Å²) in [5.41, 5.74) is 3.25. The second-order valence-electron chi connectivity index (χ2n) is 4.16. The number of hydrogen-bond acceptors (Lipinski definition) is 4. The fraction of sp³-hybridized carbons (Fsp3) is 0.154. The molecule has 0 aliphatic rings. The van der Waals surface area contributed by atoms with E-state index in [0.717, 1.165) is 26.9 Å². The van der Waals surface area contributed by atoms with Crippen LogP contribution in [-0.4, -0.2) is 19.7 Å². The smallest absolute Gasteiger partial charge is 0.172 e. The number of fused-ring (bicyclic) bond motifs is 1. The van der Waals surface area contributed by atoms with Gasteiger partial charge in [-0.15, -0.1) is 0 Å². The van der Waals surface area contributed by atoms with Crippen molar-refractivity contribution in [2.45, 2.75) is 17.1 Å². The van der Waals surface area contributed by atoms with E-state index in [1.54, 1.807) is 4.68 Å². The Balaban J connectivity index is 2.04. The van der Waals surface area contributed by atoms with Crippen LogP contribution in [0.5, 0.6) is 0 Å². The molecule has 1 aromatic carbocycles. The number of H-pyrrole nitrogens is 1. The number of para-hydroxylation sites is 2. The standard InChI is InChI=1S/C13H11N5S/c1-8-9(7-14)12(18(2)17-8)19-13-15-10-5-3-4-6-11(10)16-13/h3-6H,1-2H3,(H,15,16). The van der Waals surface area contributed by atoms with Crippen LogP contribution in [0.15, 0.2) is 34.4 Å². The summed E-state index contributed by atoms with van der Waals surface area (Å²) in [6, 6.07) is 10.0. The molecule has 0 atom stereocenters. The SMILES string of the molecule is Cc1nn(C)c(Sc2nc3ccccc3[nH]2)c1C#N. The molecule has 1 N–H and O–H groups in total. The summed E-state index contributed by atoms with van der Waals surface area (Å²) in [5.74, 6) is 0. The fourth-order valence-corrected chi connectivity index (χ4v) is 2.91. The quantitative estimate of drug-likeness (QED) is 0.776. The summed E-state index contributed by atoms with van der Waals surface area (Å²) in [5, 5.41) is 15.0. The van der Waals surface area contributed by atoms with Gasteiger partial charge in [-0.05, 0) is 30.8 Å². The van der Waals surface area contributed by atoms with E-state index in [0.29, 0.717) is 5.56 Å². The van der Waals surface area contributed by atoms with Crippen LogP contribution < -0.4 is 0 Å². The van der Waals surface area contributed by atoms with Gasteiger partial charge in [-0.3, -0.25) is 4.68 Å². The maximum atomic E-state index is 9.18. The van der Waals surface area contributed by atoms with E-state index >= 15 is 0 Å². The zero-order valence-electron chi connectivity index (χ0n) is 10.5. The van der Waals surface area contributed by atoms with E-state index < -0.39 is 0 Å². The number of hydrogen-bond donors (Lipinski definition) is 1. The maximum Gasteiger partial charge on any atom is 0.172 e. The molecule has 0 amide bonds. The van der Waals surface area contributed by atoms with Gasteiger partial charge in [0.05, 0.1) is 16.7 Å². The minimum absolute atomic E-state index is 0.605. The highest BCUT2D eigenvalue weighted by Gasteiger charge is 2.15. The summed E-state index contributed by atoms with van der Waals surface area (Å²) < 4.78 is 1.71. The van der Waals surface area contributed by atoms with Crippen LogP contribution in [0.1, 0.15) is 11.3 Å². The first-order chi connectivity index (χ1) is 9.19. The predicted molar refractivity (Wildman–Crippen MR) is 72.9 cm³/mol. The van der Waals surface area contributed by atoms with E-state index in [1.165, 1.54) is 11.8 Å². The van der Waals surface area contributed by atoms with E-state index in [1.807, 2.05) is 38.2 Å². The lowest BCUT2D eigenvalue weighted by molar-refractivity contribution is 0.691. The van der Waals surface area contributed by atoms with Crippen molar-refractivity contribution in [1.29, 1.82) is 5.26 Å². The van der Waals surface area contributed by atoms with Gasteiger partial charge in [0.15, 0.2) is 5.16 Å². The lowest BCUT2D eigenvalue weighted by Gasteiger charge is -1.98. The second-order valence-corrected chi connectivity index (χ2v) is 5.14. The number of benzene rings is 1. The number of aromatic amines is 1. The second kappa shape index (κ2) is 4.44. The summed E-state index contributed by atoms with van der Waals surface area (Å²) >= 11 is 1.42. The molecule has 0 fully saturated rings. The number of nitrogens with one attached hydrogen (secondary N) is 1. The topological polar surface area (TPSA) is 70.3 Å². The molecule has 3 rings (SSSR count). The first-order valence-corrected chi connectivity index (χ1v) is 6.57. The van der Waals surface area contributed by atoms with Gasteiger partial charge in [0.25, 0.3) is 0 Å². The van der Waals surface area contributed by atoms with E-state index in [4.69, 9.17) is 0 Å². The molecule has 2 aromatic heterocycles. The predicted octanol–water partition coefficient (Wildman–Crippen LogP) is 2.63. The molecule has 2 heterocycles. The number of imidazole rings is 1. The van der Waals surface area contributed by atoms with Crippen LogP contribution in [0.2, 0.25) is 0 Å². The Morgan fingerprint density at radius 2 is 2.16 bits per heavy atom. The minimum Gasteiger partial charge on any atom is -0.333 e. The number of nitriles is 1. The van der Waals surface area contributed by atoms with Crippen LogP contribution >= 0.6 is 11.8 Å².